The SMILES string of the molecule is CN1C(=O)C(Br)C(N)=[N+](C)C1=O. The van der Waals surface area contributed by atoms with Crippen LogP contribution in [0.4, 0.5) is 4.79 Å². The minimum Gasteiger partial charge on any atom is -0.321 e. The highest BCUT2D eigenvalue weighted by molar-refractivity contribution is 9.10. The van der Waals surface area contributed by atoms with Crippen LogP contribution in [0.2, 0.25) is 0 Å². The number of alkyl halides is 1. The van der Waals surface area contributed by atoms with Crippen LogP contribution in [0.1, 0.15) is 0 Å². The van der Waals surface area contributed by atoms with Gasteiger partial charge in [-0.15, -0.1) is 0 Å². The number of hydrogen-bond donors (Lipinski definition) is 1. The van der Waals surface area contributed by atoms with E-state index >= 15 is 0 Å². The van der Waals surface area contributed by atoms with Crippen LogP contribution in [0.5, 0.6) is 0 Å². The quantitative estimate of drug-likeness (QED) is 0.447. The number of amidine groups is 1. The first-order valence-corrected chi connectivity index (χ1v) is 4.20. The van der Waals surface area contributed by atoms with Crippen LogP contribution in [0, 0.1) is 0 Å². The molecule has 1 aliphatic rings. The lowest BCUT2D eigenvalue weighted by Crippen LogP contribution is -2.55. The van der Waals surface area contributed by atoms with Gasteiger partial charge in [0, 0.05) is 0 Å². The highest BCUT2D eigenvalue weighted by Crippen LogP contribution is 2.09. The molecule has 0 aromatic carbocycles. The van der Waals surface area contributed by atoms with Crippen molar-refractivity contribution < 1.29 is 14.2 Å². The van der Waals surface area contributed by atoms with Crippen molar-refractivity contribution in [1.82, 2.24) is 4.90 Å². The molecule has 66 valence electrons. The van der Waals surface area contributed by atoms with Crippen LogP contribution < -0.4 is 5.73 Å². The number of amides is 3. The molecule has 0 radical (unpaired) electrons. The molecule has 0 aliphatic carbocycles. The number of halogens is 1. The maximum atomic E-state index is 11.2. The Balaban J connectivity index is 3.17. The van der Waals surface area contributed by atoms with E-state index in [0.29, 0.717) is 0 Å². The number of nitrogens with two attached hydrogens (primary N) is 1. The van der Waals surface area contributed by atoms with Crippen molar-refractivity contribution in [2.45, 2.75) is 4.83 Å². The van der Waals surface area contributed by atoms with Gasteiger partial charge in [0.1, 0.15) is 0 Å². The van der Waals surface area contributed by atoms with E-state index in [1.165, 1.54) is 18.7 Å². The lowest BCUT2D eigenvalue weighted by Gasteiger charge is -2.20. The topological polar surface area (TPSA) is 66.4 Å². The molecule has 1 aliphatic heterocycles. The molecule has 1 heterocycles. The van der Waals surface area contributed by atoms with Gasteiger partial charge in [0.05, 0.1) is 14.1 Å². The standard InChI is InChI=1S/C6H8BrN3O2/c1-9-4(8)3(7)5(11)10(2)6(9)12/h3,8H,1-2H3/p+1. The molecule has 0 fully saturated rings. The van der Waals surface area contributed by atoms with Crippen LogP contribution in [0.3, 0.4) is 0 Å². The van der Waals surface area contributed by atoms with Crippen LogP contribution in [0.15, 0.2) is 0 Å². The smallest absolute Gasteiger partial charge is 0.321 e. The summed E-state index contributed by atoms with van der Waals surface area (Å²) < 4.78 is 1.24. The second-order valence-electron chi connectivity index (χ2n) is 2.53. The third-order valence-corrected chi connectivity index (χ3v) is 2.63. The Morgan fingerprint density at radius 2 is 2.08 bits per heavy atom. The first-order valence-electron chi connectivity index (χ1n) is 3.28. The van der Waals surface area contributed by atoms with E-state index in [1.807, 2.05) is 0 Å². The van der Waals surface area contributed by atoms with Gasteiger partial charge >= 0.3 is 11.9 Å². The Morgan fingerprint density at radius 3 is 2.58 bits per heavy atom. The molecular formula is C6H9BrN3O2+. The maximum Gasteiger partial charge on any atom is 0.445 e. The van der Waals surface area contributed by atoms with E-state index in [-0.39, 0.29) is 11.7 Å². The number of nitrogens with zero attached hydrogens (tertiary/aromatic N) is 2. The zero-order valence-electron chi connectivity index (χ0n) is 6.74. The Hall–Kier alpha value is -0.910. The molecule has 12 heavy (non-hydrogen) atoms. The van der Waals surface area contributed by atoms with Crippen molar-refractivity contribution in [1.29, 1.82) is 0 Å². The average molecular weight is 235 g/mol. The Morgan fingerprint density at radius 1 is 1.58 bits per heavy atom. The largest absolute Gasteiger partial charge is 0.445 e. The normalized spacial score (nSPS) is 25.2. The number of urea groups is 1. The summed E-state index contributed by atoms with van der Waals surface area (Å²) in [5.74, 6) is -0.112. The molecule has 5 nitrogen and oxygen atoms in total. The molecule has 3 amide bonds. The number of imide groups is 1. The lowest BCUT2D eigenvalue weighted by atomic mass is 10.3. The minimum atomic E-state index is -0.592. The van der Waals surface area contributed by atoms with Crippen LogP contribution in [-0.2, 0) is 4.79 Å². The third-order valence-electron chi connectivity index (χ3n) is 1.77. The van der Waals surface area contributed by atoms with Gasteiger partial charge in [-0.05, 0) is 0 Å². The van der Waals surface area contributed by atoms with Gasteiger partial charge in [-0.1, -0.05) is 15.9 Å². The minimum absolute atomic E-state index is 0.225. The van der Waals surface area contributed by atoms with Crippen LogP contribution in [0.25, 0.3) is 0 Å². The highest BCUT2D eigenvalue weighted by atomic mass is 79.9. The van der Waals surface area contributed by atoms with Gasteiger partial charge in [-0.25, -0.2) is 9.37 Å². The van der Waals surface area contributed by atoms with E-state index in [4.69, 9.17) is 5.73 Å². The fourth-order valence-corrected chi connectivity index (χ4v) is 1.51. The second-order valence-corrected chi connectivity index (χ2v) is 3.44. The predicted molar refractivity (Wildman–Crippen MR) is 46.3 cm³/mol. The molecule has 0 saturated carbocycles. The van der Waals surface area contributed by atoms with E-state index in [1.54, 1.807) is 0 Å². The third kappa shape index (κ3) is 1.12. The fourth-order valence-electron chi connectivity index (χ4n) is 0.896. The summed E-state index contributed by atoms with van der Waals surface area (Å²) in [7, 11) is 2.94. The summed E-state index contributed by atoms with van der Waals surface area (Å²) >= 11 is 3.08. The monoisotopic (exact) mass is 234 g/mol. The Kier molecular flexibility index (Phi) is 2.18. The fraction of sp³-hybridized carbons (Fsp3) is 0.500. The van der Waals surface area contributed by atoms with Crippen molar-refractivity contribution in [2.24, 2.45) is 5.73 Å². The Labute approximate surface area is 78.0 Å². The molecule has 1 rings (SSSR count). The van der Waals surface area contributed by atoms with Gasteiger partial charge < -0.3 is 5.73 Å². The highest BCUT2D eigenvalue weighted by Gasteiger charge is 2.40. The van der Waals surface area contributed by atoms with E-state index in [2.05, 4.69) is 15.9 Å². The molecule has 1 atom stereocenters. The number of carbonyl (C=O) groups excluding carboxylic acids is 2. The van der Waals surface area contributed by atoms with Gasteiger partial charge in [0.2, 0.25) is 5.84 Å². The first-order chi connectivity index (χ1) is 5.46. The molecule has 0 bridgehead atoms. The maximum absolute atomic E-state index is 11.2. The first kappa shape index (κ1) is 9.18. The zero-order valence-corrected chi connectivity index (χ0v) is 8.33. The summed E-state index contributed by atoms with van der Waals surface area (Å²) in [5, 5.41) is 0. The van der Waals surface area contributed by atoms with Crippen LogP contribution >= 0.6 is 15.9 Å². The predicted octanol–water partition coefficient (Wildman–Crippen LogP) is -0.659. The molecule has 0 aromatic heterocycles. The summed E-state index contributed by atoms with van der Waals surface area (Å²) in [6.45, 7) is 0. The molecule has 6 heteroatoms. The van der Waals surface area contributed by atoms with Crippen molar-refractivity contribution in [3.63, 3.8) is 0 Å². The van der Waals surface area contributed by atoms with Crippen LogP contribution in [-0.4, -0.2) is 46.2 Å². The van der Waals surface area contributed by atoms with Gasteiger partial charge in [0.25, 0.3) is 0 Å². The van der Waals surface area contributed by atoms with E-state index in [9.17, 15) is 9.59 Å². The van der Waals surface area contributed by atoms with Gasteiger partial charge in [0.15, 0.2) is 4.83 Å². The Bertz CT molecular complexity index is 287. The molecular weight excluding hydrogens is 226 g/mol. The van der Waals surface area contributed by atoms with E-state index < -0.39 is 10.9 Å². The number of carbonyl (C=O) groups is 2. The zero-order chi connectivity index (χ0) is 9.46. The summed E-state index contributed by atoms with van der Waals surface area (Å²) in [6, 6.07) is -0.409. The van der Waals surface area contributed by atoms with Gasteiger partial charge in [-0.2, -0.15) is 4.90 Å². The average Bonchev–Trinajstić information content (AvgIpc) is 2.08. The summed E-state index contributed by atoms with van der Waals surface area (Å²) in [4.78, 5) is 22.9. The lowest BCUT2D eigenvalue weighted by molar-refractivity contribution is -0.405. The molecule has 1 unspecified atom stereocenters. The molecule has 0 spiro atoms. The van der Waals surface area contributed by atoms with Crippen molar-refractivity contribution >= 4 is 33.7 Å². The second kappa shape index (κ2) is 2.85. The van der Waals surface area contributed by atoms with Crippen molar-refractivity contribution in [2.75, 3.05) is 14.1 Å². The van der Waals surface area contributed by atoms with Gasteiger partial charge in [-0.3, -0.25) is 4.79 Å². The molecule has 0 saturated heterocycles. The summed E-state index contributed by atoms with van der Waals surface area (Å²) in [6.07, 6.45) is 0. The van der Waals surface area contributed by atoms with Crippen molar-refractivity contribution in [3.8, 4) is 0 Å². The molecule has 2 N–H and O–H groups in total. The number of rotatable bonds is 0. The molecule has 0 aromatic rings. The van der Waals surface area contributed by atoms with E-state index in [0.717, 1.165) is 4.90 Å². The summed E-state index contributed by atoms with van der Waals surface area (Å²) in [5.41, 5.74) is 5.49. The number of hydrogen-bond acceptors (Lipinski definition) is 3. The van der Waals surface area contributed by atoms with Crippen molar-refractivity contribution in [3.05, 3.63) is 0 Å².